The number of rotatable bonds is 9. The predicted molar refractivity (Wildman–Crippen MR) is 58.5 cm³/mol. The lowest BCUT2D eigenvalue weighted by molar-refractivity contribution is -0.149. The van der Waals surface area contributed by atoms with Gasteiger partial charge in [-0.2, -0.15) is 13.2 Å². The van der Waals surface area contributed by atoms with Gasteiger partial charge in [0.1, 0.15) is 0 Å². The van der Waals surface area contributed by atoms with E-state index in [1.807, 2.05) is 13.8 Å². The summed E-state index contributed by atoms with van der Waals surface area (Å²) in [5, 5.41) is 3.16. The van der Waals surface area contributed by atoms with Crippen molar-refractivity contribution in [1.82, 2.24) is 5.32 Å². The molecule has 1 N–H and O–H groups in total. The Labute approximate surface area is 95.5 Å². The average Bonchev–Trinajstić information content (AvgIpc) is 2.16. The second-order valence-electron chi connectivity index (χ2n) is 3.85. The topological polar surface area (TPSA) is 21.3 Å². The van der Waals surface area contributed by atoms with Crippen LogP contribution in [0.15, 0.2) is 0 Å². The van der Waals surface area contributed by atoms with Crippen LogP contribution in [0.4, 0.5) is 13.2 Å². The predicted octanol–water partition coefficient (Wildman–Crippen LogP) is 3.12. The van der Waals surface area contributed by atoms with Crippen molar-refractivity contribution in [2.75, 3.05) is 19.7 Å². The second kappa shape index (κ2) is 8.82. The van der Waals surface area contributed by atoms with Gasteiger partial charge in [0.25, 0.3) is 0 Å². The minimum absolute atomic E-state index is 0.0982. The molecule has 2 nitrogen and oxygen atoms in total. The van der Waals surface area contributed by atoms with Gasteiger partial charge in [-0.25, -0.2) is 0 Å². The van der Waals surface area contributed by atoms with Gasteiger partial charge in [0.2, 0.25) is 0 Å². The minimum Gasteiger partial charge on any atom is -0.377 e. The van der Waals surface area contributed by atoms with Crippen molar-refractivity contribution < 1.29 is 17.9 Å². The quantitative estimate of drug-likeness (QED) is 0.626. The van der Waals surface area contributed by atoms with Crippen LogP contribution in [0.25, 0.3) is 0 Å². The third kappa shape index (κ3) is 10.2. The van der Waals surface area contributed by atoms with Gasteiger partial charge in [-0.05, 0) is 19.4 Å². The van der Waals surface area contributed by atoms with Gasteiger partial charge in [0, 0.05) is 6.54 Å². The summed E-state index contributed by atoms with van der Waals surface area (Å²) in [4.78, 5) is 0. The highest BCUT2D eigenvalue weighted by Gasteiger charge is 2.27. The van der Waals surface area contributed by atoms with Crippen molar-refractivity contribution in [2.24, 2.45) is 0 Å². The summed E-state index contributed by atoms with van der Waals surface area (Å²) in [5.74, 6) is 0. The Bertz CT molecular complexity index is 162. The van der Waals surface area contributed by atoms with E-state index in [0.717, 1.165) is 25.8 Å². The van der Waals surface area contributed by atoms with E-state index in [-0.39, 0.29) is 12.7 Å². The summed E-state index contributed by atoms with van der Waals surface area (Å²) < 4.78 is 40.9. The SMILES string of the molecule is CCCNCC(CCC)OCCC(F)(F)F. The molecule has 5 heteroatoms. The van der Waals surface area contributed by atoms with Crippen molar-refractivity contribution in [2.45, 2.75) is 51.8 Å². The molecule has 0 aliphatic carbocycles. The summed E-state index contributed by atoms with van der Waals surface area (Å²) >= 11 is 0. The lowest BCUT2D eigenvalue weighted by Crippen LogP contribution is -2.30. The van der Waals surface area contributed by atoms with E-state index in [1.54, 1.807) is 0 Å². The van der Waals surface area contributed by atoms with Crippen molar-refractivity contribution >= 4 is 0 Å². The van der Waals surface area contributed by atoms with Gasteiger partial charge in [-0.3, -0.25) is 0 Å². The van der Waals surface area contributed by atoms with E-state index in [2.05, 4.69) is 5.32 Å². The van der Waals surface area contributed by atoms with E-state index in [4.69, 9.17) is 4.74 Å². The summed E-state index contributed by atoms with van der Waals surface area (Å²) in [6.07, 6.45) is -2.34. The average molecular weight is 241 g/mol. The molecular weight excluding hydrogens is 219 g/mol. The lowest BCUT2D eigenvalue weighted by Gasteiger charge is -2.18. The van der Waals surface area contributed by atoms with E-state index in [1.165, 1.54) is 0 Å². The molecule has 16 heavy (non-hydrogen) atoms. The van der Waals surface area contributed by atoms with Crippen LogP contribution >= 0.6 is 0 Å². The first-order valence-corrected chi connectivity index (χ1v) is 5.88. The van der Waals surface area contributed by atoms with Crippen LogP contribution in [-0.4, -0.2) is 32.0 Å². The van der Waals surface area contributed by atoms with E-state index >= 15 is 0 Å². The number of halogens is 3. The number of hydrogen-bond donors (Lipinski definition) is 1. The largest absolute Gasteiger partial charge is 0.391 e. The fourth-order valence-electron chi connectivity index (χ4n) is 1.35. The smallest absolute Gasteiger partial charge is 0.377 e. The van der Waals surface area contributed by atoms with Crippen LogP contribution in [0, 0.1) is 0 Å². The van der Waals surface area contributed by atoms with Crippen molar-refractivity contribution in [3.63, 3.8) is 0 Å². The van der Waals surface area contributed by atoms with Crippen molar-refractivity contribution in [3.8, 4) is 0 Å². The first-order chi connectivity index (χ1) is 7.49. The standard InChI is InChI=1S/C11H22F3NO/c1-3-5-10(9-15-7-4-2)16-8-6-11(12,13)14/h10,15H,3-9H2,1-2H3. The van der Waals surface area contributed by atoms with Gasteiger partial charge in [0.15, 0.2) is 0 Å². The van der Waals surface area contributed by atoms with Gasteiger partial charge in [0.05, 0.1) is 19.1 Å². The molecule has 0 heterocycles. The molecule has 0 bridgehead atoms. The number of hydrogen-bond acceptors (Lipinski definition) is 2. The molecule has 0 fully saturated rings. The second-order valence-corrected chi connectivity index (χ2v) is 3.85. The van der Waals surface area contributed by atoms with Crippen LogP contribution in [-0.2, 0) is 4.74 Å². The molecule has 0 rings (SSSR count). The van der Waals surface area contributed by atoms with E-state index < -0.39 is 12.6 Å². The summed E-state index contributed by atoms with van der Waals surface area (Å²) in [6.45, 7) is 5.33. The third-order valence-corrected chi connectivity index (χ3v) is 2.15. The molecule has 0 aliphatic rings. The highest BCUT2D eigenvalue weighted by atomic mass is 19.4. The van der Waals surface area contributed by atoms with Gasteiger partial charge >= 0.3 is 6.18 Å². The third-order valence-electron chi connectivity index (χ3n) is 2.15. The van der Waals surface area contributed by atoms with Crippen LogP contribution in [0.1, 0.15) is 39.5 Å². The van der Waals surface area contributed by atoms with Crippen LogP contribution in [0.2, 0.25) is 0 Å². The Hall–Kier alpha value is -0.290. The zero-order chi connectivity index (χ0) is 12.4. The van der Waals surface area contributed by atoms with Crippen molar-refractivity contribution in [3.05, 3.63) is 0 Å². The molecule has 98 valence electrons. The molecule has 1 unspecified atom stereocenters. The normalized spacial score (nSPS) is 14.1. The van der Waals surface area contributed by atoms with Crippen molar-refractivity contribution in [1.29, 1.82) is 0 Å². The van der Waals surface area contributed by atoms with Crippen LogP contribution < -0.4 is 5.32 Å². The summed E-state index contributed by atoms with van der Waals surface area (Å²) in [5.41, 5.74) is 0. The highest BCUT2D eigenvalue weighted by molar-refractivity contribution is 4.62. The summed E-state index contributed by atoms with van der Waals surface area (Å²) in [7, 11) is 0. The maximum absolute atomic E-state index is 11.9. The highest BCUT2D eigenvalue weighted by Crippen LogP contribution is 2.19. The number of ether oxygens (including phenoxy) is 1. The van der Waals surface area contributed by atoms with Crippen LogP contribution in [0.5, 0.6) is 0 Å². The molecule has 0 saturated carbocycles. The van der Waals surface area contributed by atoms with Gasteiger partial charge in [-0.15, -0.1) is 0 Å². The number of nitrogens with one attached hydrogen (secondary N) is 1. The maximum atomic E-state index is 11.9. The van der Waals surface area contributed by atoms with E-state index in [9.17, 15) is 13.2 Å². The Morgan fingerprint density at radius 2 is 1.88 bits per heavy atom. The zero-order valence-electron chi connectivity index (χ0n) is 10.1. The zero-order valence-corrected chi connectivity index (χ0v) is 10.1. The van der Waals surface area contributed by atoms with Gasteiger partial charge < -0.3 is 10.1 Å². The molecule has 0 aliphatic heterocycles. The maximum Gasteiger partial charge on any atom is 0.391 e. The Morgan fingerprint density at radius 3 is 2.38 bits per heavy atom. The molecule has 0 aromatic heterocycles. The number of alkyl halides is 3. The molecule has 1 atom stereocenters. The lowest BCUT2D eigenvalue weighted by atomic mass is 10.2. The fourth-order valence-corrected chi connectivity index (χ4v) is 1.35. The Balaban J connectivity index is 3.67. The molecule has 0 amide bonds. The van der Waals surface area contributed by atoms with E-state index in [0.29, 0.717) is 6.54 Å². The monoisotopic (exact) mass is 241 g/mol. The molecule has 0 saturated heterocycles. The molecule has 0 aromatic carbocycles. The van der Waals surface area contributed by atoms with Gasteiger partial charge in [-0.1, -0.05) is 20.3 Å². The molecule has 0 aromatic rings. The summed E-state index contributed by atoms with van der Waals surface area (Å²) in [6, 6.07) is 0. The Kier molecular flexibility index (Phi) is 8.66. The molecule has 0 spiro atoms. The first kappa shape index (κ1) is 15.7. The molecular formula is C11H22F3NO. The Morgan fingerprint density at radius 1 is 1.19 bits per heavy atom. The fraction of sp³-hybridized carbons (Fsp3) is 1.00. The first-order valence-electron chi connectivity index (χ1n) is 5.88. The molecule has 0 radical (unpaired) electrons. The van der Waals surface area contributed by atoms with Crippen LogP contribution in [0.3, 0.4) is 0 Å². The minimum atomic E-state index is -4.12.